The molecule has 2 fully saturated rings. The summed E-state index contributed by atoms with van der Waals surface area (Å²) in [6, 6.07) is 6.09. The molecule has 1 atom stereocenters. The van der Waals surface area contributed by atoms with Crippen molar-refractivity contribution in [2.24, 2.45) is 0 Å². The summed E-state index contributed by atoms with van der Waals surface area (Å²) in [5.41, 5.74) is 3.81. The maximum Gasteiger partial charge on any atom is 0.317 e. The SMILES string of the molecule is O=C(O)CN1CCC(c2cccc3c2CCCN3C2CCC(=O)NC2=O)CC1. The van der Waals surface area contributed by atoms with Gasteiger partial charge in [-0.05, 0) is 68.3 Å². The van der Waals surface area contributed by atoms with Crippen LogP contribution in [0, 0.1) is 0 Å². The van der Waals surface area contributed by atoms with Gasteiger partial charge in [0.25, 0.3) is 0 Å². The molecule has 7 nitrogen and oxygen atoms in total. The van der Waals surface area contributed by atoms with Crippen LogP contribution in [0.4, 0.5) is 5.69 Å². The summed E-state index contributed by atoms with van der Waals surface area (Å²) in [4.78, 5) is 39.0. The van der Waals surface area contributed by atoms with Gasteiger partial charge in [0.15, 0.2) is 0 Å². The number of nitrogens with one attached hydrogen (secondary N) is 1. The molecule has 0 aliphatic carbocycles. The van der Waals surface area contributed by atoms with Gasteiger partial charge in [-0.2, -0.15) is 0 Å². The summed E-state index contributed by atoms with van der Waals surface area (Å²) < 4.78 is 0. The van der Waals surface area contributed by atoms with Crippen LogP contribution in [0.2, 0.25) is 0 Å². The molecule has 2 amide bonds. The number of amides is 2. The van der Waals surface area contributed by atoms with Crippen LogP contribution in [-0.4, -0.2) is 60.0 Å². The minimum Gasteiger partial charge on any atom is -0.480 e. The van der Waals surface area contributed by atoms with Crippen molar-refractivity contribution in [2.45, 2.75) is 50.5 Å². The van der Waals surface area contributed by atoms with E-state index in [1.54, 1.807) is 0 Å². The van der Waals surface area contributed by atoms with E-state index in [9.17, 15) is 14.4 Å². The van der Waals surface area contributed by atoms with Crippen LogP contribution in [0.5, 0.6) is 0 Å². The number of anilines is 1. The molecule has 0 saturated carbocycles. The van der Waals surface area contributed by atoms with E-state index >= 15 is 0 Å². The molecule has 3 aliphatic heterocycles. The van der Waals surface area contributed by atoms with Gasteiger partial charge in [0.1, 0.15) is 6.04 Å². The van der Waals surface area contributed by atoms with E-state index in [2.05, 4.69) is 28.4 Å². The molecule has 1 unspecified atom stereocenters. The zero-order chi connectivity index (χ0) is 19.7. The molecule has 1 aromatic carbocycles. The number of carboxylic acid groups (broad SMARTS) is 1. The van der Waals surface area contributed by atoms with Crippen molar-refractivity contribution in [3.63, 3.8) is 0 Å². The van der Waals surface area contributed by atoms with Gasteiger partial charge in [-0.25, -0.2) is 0 Å². The summed E-state index contributed by atoms with van der Waals surface area (Å²) in [6.07, 6.45) is 4.89. The standard InChI is InChI=1S/C21H27N3O4/c25-19-7-6-18(21(28)22-19)24-10-2-4-16-15(3-1-5-17(16)24)14-8-11-23(12-9-14)13-20(26)27/h1,3,5,14,18H,2,4,6-13H2,(H,26,27)(H,22,25,28). The Morgan fingerprint density at radius 2 is 1.89 bits per heavy atom. The fraction of sp³-hybridized carbons (Fsp3) is 0.571. The summed E-state index contributed by atoms with van der Waals surface area (Å²) >= 11 is 0. The Morgan fingerprint density at radius 1 is 1.11 bits per heavy atom. The van der Waals surface area contributed by atoms with E-state index in [4.69, 9.17) is 5.11 Å². The van der Waals surface area contributed by atoms with Crippen LogP contribution in [0.15, 0.2) is 18.2 Å². The highest BCUT2D eigenvalue weighted by Gasteiger charge is 2.35. The summed E-state index contributed by atoms with van der Waals surface area (Å²) in [7, 11) is 0. The molecule has 28 heavy (non-hydrogen) atoms. The van der Waals surface area contributed by atoms with E-state index in [0.717, 1.165) is 51.0 Å². The van der Waals surface area contributed by atoms with Crippen LogP contribution < -0.4 is 10.2 Å². The smallest absolute Gasteiger partial charge is 0.317 e. The molecular weight excluding hydrogens is 358 g/mol. The number of carbonyl (C=O) groups excluding carboxylic acids is 2. The van der Waals surface area contributed by atoms with Gasteiger partial charge >= 0.3 is 5.97 Å². The Balaban J connectivity index is 1.54. The van der Waals surface area contributed by atoms with E-state index < -0.39 is 5.97 Å². The van der Waals surface area contributed by atoms with Crippen molar-refractivity contribution < 1.29 is 19.5 Å². The lowest BCUT2D eigenvalue weighted by molar-refractivity contribution is -0.138. The Labute approximate surface area is 164 Å². The van der Waals surface area contributed by atoms with Gasteiger partial charge < -0.3 is 10.0 Å². The van der Waals surface area contributed by atoms with Gasteiger partial charge in [-0.15, -0.1) is 0 Å². The lowest BCUT2D eigenvalue weighted by Crippen LogP contribution is -2.54. The van der Waals surface area contributed by atoms with E-state index in [0.29, 0.717) is 18.8 Å². The summed E-state index contributed by atoms with van der Waals surface area (Å²) in [6.45, 7) is 2.55. The Bertz CT molecular complexity index is 786. The van der Waals surface area contributed by atoms with Crippen molar-refractivity contribution in [2.75, 3.05) is 31.1 Å². The van der Waals surface area contributed by atoms with Crippen molar-refractivity contribution in [1.29, 1.82) is 0 Å². The number of carboxylic acids is 1. The fourth-order valence-corrected chi connectivity index (χ4v) is 4.96. The summed E-state index contributed by atoms with van der Waals surface area (Å²) in [5, 5.41) is 11.5. The average molecular weight is 385 g/mol. The molecule has 0 aromatic heterocycles. The zero-order valence-corrected chi connectivity index (χ0v) is 16.0. The van der Waals surface area contributed by atoms with Crippen LogP contribution >= 0.6 is 0 Å². The number of nitrogens with zero attached hydrogens (tertiary/aromatic N) is 2. The minimum absolute atomic E-state index is 0.114. The molecule has 1 aromatic rings. The summed E-state index contributed by atoms with van der Waals surface area (Å²) in [5.74, 6) is -0.700. The normalized spacial score (nSPS) is 24.0. The Kier molecular flexibility index (Phi) is 5.35. The molecular formula is C21H27N3O4. The lowest BCUT2D eigenvalue weighted by Gasteiger charge is -2.40. The Hall–Kier alpha value is -2.41. The first-order chi connectivity index (χ1) is 13.5. The van der Waals surface area contributed by atoms with Gasteiger partial charge in [0, 0.05) is 18.7 Å². The van der Waals surface area contributed by atoms with E-state index in [1.165, 1.54) is 11.1 Å². The highest BCUT2D eigenvalue weighted by molar-refractivity contribution is 6.01. The quantitative estimate of drug-likeness (QED) is 0.764. The number of fused-ring (bicyclic) bond motifs is 1. The number of hydrogen-bond acceptors (Lipinski definition) is 5. The first-order valence-electron chi connectivity index (χ1n) is 10.2. The molecule has 7 heteroatoms. The zero-order valence-electron chi connectivity index (χ0n) is 16.0. The lowest BCUT2D eigenvalue weighted by atomic mass is 9.83. The molecule has 0 radical (unpaired) electrons. The van der Waals surface area contributed by atoms with Crippen LogP contribution in [0.25, 0.3) is 0 Å². The maximum atomic E-state index is 12.4. The molecule has 3 aliphatic rings. The highest BCUT2D eigenvalue weighted by atomic mass is 16.4. The molecule has 0 spiro atoms. The number of carbonyl (C=O) groups is 3. The second-order valence-electron chi connectivity index (χ2n) is 8.05. The number of likely N-dealkylation sites (tertiary alicyclic amines) is 1. The first kappa shape index (κ1) is 18.9. The number of rotatable bonds is 4. The number of hydrogen-bond donors (Lipinski definition) is 2. The number of imide groups is 1. The third-order valence-electron chi connectivity index (χ3n) is 6.30. The molecule has 4 rings (SSSR count). The third kappa shape index (κ3) is 3.76. The van der Waals surface area contributed by atoms with Gasteiger partial charge in [-0.3, -0.25) is 24.6 Å². The largest absolute Gasteiger partial charge is 0.480 e. The van der Waals surface area contributed by atoms with Crippen molar-refractivity contribution in [3.05, 3.63) is 29.3 Å². The predicted molar refractivity (Wildman–Crippen MR) is 104 cm³/mol. The number of aliphatic carboxylic acids is 1. The second-order valence-corrected chi connectivity index (χ2v) is 8.05. The maximum absolute atomic E-state index is 12.4. The monoisotopic (exact) mass is 385 g/mol. The van der Waals surface area contributed by atoms with Gasteiger partial charge in [-0.1, -0.05) is 12.1 Å². The predicted octanol–water partition coefficient (Wildman–Crippen LogP) is 1.51. The van der Waals surface area contributed by atoms with Crippen LogP contribution in [-0.2, 0) is 20.8 Å². The molecule has 2 saturated heterocycles. The third-order valence-corrected chi connectivity index (χ3v) is 6.30. The average Bonchev–Trinajstić information content (AvgIpc) is 2.67. The second kappa shape index (κ2) is 7.91. The van der Waals surface area contributed by atoms with Crippen molar-refractivity contribution in [1.82, 2.24) is 10.2 Å². The first-order valence-corrected chi connectivity index (χ1v) is 10.2. The topological polar surface area (TPSA) is 89.9 Å². The molecule has 3 heterocycles. The Morgan fingerprint density at radius 3 is 2.61 bits per heavy atom. The highest BCUT2D eigenvalue weighted by Crippen LogP contribution is 2.38. The van der Waals surface area contributed by atoms with Crippen molar-refractivity contribution >= 4 is 23.5 Å². The van der Waals surface area contributed by atoms with E-state index in [1.807, 2.05) is 4.90 Å². The molecule has 0 bridgehead atoms. The minimum atomic E-state index is -0.768. The fourth-order valence-electron chi connectivity index (χ4n) is 4.96. The van der Waals surface area contributed by atoms with Gasteiger partial charge in [0.2, 0.25) is 11.8 Å². The molecule has 150 valence electrons. The van der Waals surface area contributed by atoms with Crippen LogP contribution in [0.1, 0.15) is 49.1 Å². The number of piperidine rings is 2. The van der Waals surface area contributed by atoms with Gasteiger partial charge in [0.05, 0.1) is 6.54 Å². The number of benzene rings is 1. The molecule has 2 N–H and O–H groups in total. The van der Waals surface area contributed by atoms with E-state index in [-0.39, 0.29) is 24.4 Å². The van der Waals surface area contributed by atoms with Crippen LogP contribution in [0.3, 0.4) is 0 Å². The van der Waals surface area contributed by atoms with Crippen molar-refractivity contribution in [3.8, 4) is 0 Å².